The molecule has 0 aliphatic carbocycles. The third kappa shape index (κ3) is 18.6. The predicted molar refractivity (Wildman–Crippen MR) is 176 cm³/mol. The molecule has 0 heterocycles. The molecule has 0 saturated heterocycles. The number of carboxylic acids is 1. The molecule has 1 aromatic rings. The second-order valence-corrected chi connectivity index (χ2v) is 14.8. The van der Waals surface area contributed by atoms with Gasteiger partial charge >= 0.3 is 5.97 Å². The molecular weight excluding hydrogens is 715 g/mol. The fourth-order valence-corrected chi connectivity index (χ4v) is 5.39. The normalized spacial score (nSPS) is 11.4. The molecule has 0 fully saturated rings. The van der Waals surface area contributed by atoms with E-state index in [-0.39, 0.29) is 85.9 Å². The molecule has 1 amide bonds. The Balaban J connectivity index is 3.96. The van der Waals surface area contributed by atoms with Crippen LogP contribution < -0.4 is 31.0 Å². The Hall–Kier alpha value is -3.67. The van der Waals surface area contributed by atoms with E-state index in [2.05, 4.69) is 29.0 Å². The molecule has 0 radical (unpaired) electrons. The number of carboxylic acid groups (broad SMARTS) is 1. The van der Waals surface area contributed by atoms with E-state index in [9.17, 15) is 43.9 Å². The summed E-state index contributed by atoms with van der Waals surface area (Å²) in [4.78, 5) is 24.6. The number of unbranched alkanes of at least 4 members (excludes halogenated alkanes) is 2. The van der Waals surface area contributed by atoms with Crippen LogP contribution in [0.5, 0.6) is 17.2 Å². The molecule has 49 heavy (non-hydrogen) atoms. The lowest BCUT2D eigenvalue weighted by Gasteiger charge is -2.23. The fourth-order valence-electron chi connectivity index (χ4n) is 3.94. The number of ether oxygens (including phenoxy) is 3. The largest absolute Gasteiger partial charge is 0.491 e. The molecule has 9 N–H and O–H groups in total. The summed E-state index contributed by atoms with van der Waals surface area (Å²) in [5.41, 5.74) is 10.6. The minimum absolute atomic E-state index is 0.0460. The lowest BCUT2D eigenvalue weighted by molar-refractivity contribution is -0.137. The number of carbonyl (C=O) groups is 2. The van der Waals surface area contributed by atoms with E-state index in [1.807, 2.05) is 0 Å². The summed E-state index contributed by atoms with van der Waals surface area (Å²) in [6.07, 6.45) is 0.315. The zero-order chi connectivity index (χ0) is 37.1. The number of aliphatic carboxylic acids is 1. The van der Waals surface area contributed by atoms with Gasteiger partial charge in [-0.1, -0.05) is 30.1 Å². The maximum absolute atomic E-state index is 13.8. The summed E-state index contributed by atoms with van der Waals surface area (Å²) in [7, 11) is -13.2. The molecule has 1 rings (SSSR count). The lowest BCUT2D eigenvalue weighted by Crippen LogP contribution is -2.27. The molecule has 18 nitrogen and oxygen atoms in total. The fraction of sp³-hybridized carbons (Fsp3) is 0.571. The third-order valence-corrected chi connectivity index (χ3v) is 8.37. The average molecular weight is 756 g/mol. The van der Waals surface area contributed by atoms with Crippen molar-refractivity contribution in [3.05, 3.63) is 16.7 Å². The topological polar surface area (TPSA) is 309 Å². The van der Waals surface area contributed by atoms with Crippen LogP contribution in [0, 0.1) is 23.7 Å². The van der Waals surface area contributed by atoms with Gasteiger partial charge in [-0.2, -0.15) is 25.3 Å². The zero-order valence-electron chi connectivity index (χ0n) is 26.5. The van der Waals surface area contributed by atoms with Crippen molar-refractivity contribution in [2.45, 2.75) is 44.9 Å². The van der Waals surface area contributed by atoms with Gasteiger partial charge in [-0.3, -0.25) is 23.2 Å². The Kier molecular flexibility index (Phi) is 19.0. The van der Waals surface area contributed by atoms with Crippen LogP contribution in [0.25, 0.3) is 0 Å². The summed E-state index contributed by atoms with van der Waals surface area (Å²) in [6, 6.07) is 0. The van der Waals surface area contributed by atoms with Gasteiger partial charge < -0.3 is 36.1 Å². The number of nitrogens with one attached hydrogen (secondary N) is 1. The predicted octanol–water partition coefficient (Wildman–Crippen LogP) is -0.348. The number of nitrogens with two attached hydrogens (primary N) is 2. The van der Waals surface area contributed by atoms with Crippen molar-refractivity contribution in [1.29, 1.82) is 0 Å². The Bertz CT molecular complexity index is 1650. The molecule has 1 aromatic carbocycles. The van der Waals surface area contributed by atoms with Gasteiger partial charge in [0.15, 0.2) is 17.2 Å². The van der Waals surface area contributed by atoms with Crippen LogP contribution in [0.1, 0.15) is 66.4 Å². The van der Waals surface area contributed by atoms with Crippen molar-refractivity contribution in [3.63, 3.8) is 0 Å². The maximum atomic E-state index is 13.8. The summed E-state index contributed by atoms with van der Waals surface area (Å²) in [5.74, 6) is 5.80. The molecule has 0 bridgehead atoms. The number of hydrogen-bond acceptors (Lipinski definition) is 13. The van der Waals surface area contributed by atoms with Crippen LogP contribution >= 0.6 is 0 Å². The number of amides is 1. The second kappa shape index (κ2) is 21.4. The standard InChI is InChI=1S/C28H41N3O15S3/c29-12-4-9-21-25(44-15-6-18-47(35,36)37)22(10-5-13-30)27(46-17-8-20-49(41,42)43)24(26(21)45-16-7-19-48(38,39)40)28(34)31-14-3-1-2-11-23(32)33/h1-3,6-8,11-20,29-30H2,(H,31,34)(H,32,33)(H,35,36,37)(H,38,39,40)(H,41,42,43). The van der Waals surface area contributed by atoms with Crippen molar-refractivity contribution in [2.75, 3.05) is 56.7 Å². The highest BCUT2D eigenvalue weighted by atomic mass is 32.2. The van der Waals surface area contributed by atoms with Crippen LogP contribution in [-0.4, -0.2) is 113 Å². The third-order valence-electron chi connectivity index (χ3n) is 5.95. The van der Waals surface area contributed by atoms with Gasteiger partial charge in [0.1, 0.15) is 16.7 Å². The molecule has 0 unspecified atom stereocenters. The SMILES string of the molecule is NCC#Cc1c(OCCCS(=O)(=O)O)c(C#CCN)c(OCCCS(=O)(=O)O)c(C(=O)NCCCCCC(=O)O)c1OCCCS(=O)(=O)O. The molecular formula is C28H41N3O15S3. The minimum Gasteiger partial charge on any atom is -0.491 e. The molecule has 0 aromatic heterocycles. The molecule has 276 valence electrons. The summed E-state index contributed by atoms with van der Waals surface area (Å²) >= 11 is 0. The van der Waals surface area contributed by atoms with Crippen LogP contribution in [0.2, 0.25) is 0 Å². The van der Waals surface area contributed by atoms with E-state index >= 15 is 0 Å². The Morgan fingerprint density at radius 1 is 0.633 bits per heavy atom. The van der Waals surface area contributed by atoms with E-state index in [1.54, 1.807) is 0 Å². The molecule has 0 atom stereocenters. The number of carbonyl (C=O) groups excluding carboxylic acids is 1. The monoisotopic (exact) mass is 755 g/mol. The molecule has 21 heteroatoms. The molecule has 0 spiro atoms. The van der Waals surface area contributed by atoms with Crippen molar-refractivity contribution in [2.24, 2.45) is 11.5 Å². The summed E-state index contributed by atoms with van der Waals surface area (Å²) < 4.78 is 113. The maximum Gasteiger partial charge on any atom is 0.303 e. The van der Waals surface area contributed by atoms with Crippen molar-refractivity contribution < 1.29 is 67.8 Å². The highest BCUT2D eigenvalue weighted by molar-refractivity contribution is 7.86. The van der Waals surface area contributed by atoms with Crippen molar-refractivity contribution >= 4 is 42.2 Å². The van der Waals surface area contributed by atoms with Gasteiger partial charge in [-0.25, -0.2) is 0 Å². The van der Waals surface area contributed by atoms with E-state index in [1.165, 1.54) is 0 Å². The van der Waals surface area contributed by atoms with Crippen molar-refractivity contribution in [3.8, 4) is 40.9 Å². The number of rotatable bonds is 22. The molecule has 0 aliphatic rings. The lowest BCUT2D eigenvalue weighted by atomic mass is 9.99. The quantitative estimate of drug-likeness (QED) is 0.0452. The number of hydrogen-bond donors (Lipinski definition) is 7. The highest BCUT2D eigenvalue weighted by Gasteiger charge is 2.31. The van der Waals surface area contributed by atoms with Gasteiger partial charge in [0, 0.05) is 13.0 Å². The van der Waals surface area contributed by atoms with E-state index in [4.69, 9.17) is 35.3 Å². The Morgan fingerprint density at radius 2 is 1.04 bits per heavy atom. The average Bonchev–Trinajstić information content (AvgIpc) is 2.98. The van der Waals surface area contributed by atoms with Crippen LogP contribution in [-0.2, 0) is 35.1 Å². The van der Waals surface area contributed by atoms with E-state index in [0.717, 1.165) is 0 Å². The van der Waals surface area contributed by atoms with Gasteiger partial charge in [0.05, 0.1) is 50.2 Å². The van der Waals surface area contributed by atoms with Gasteiger partial charge in [0.2, 0.25) is 0 Å². The van der Waals surface area contributed by atoms with Crippen LogP contribution in [0.15, 0.2) is 0 Å². The van der Waals surface area contributed by atoms with Gasteiger partial charge in [-0.15, -0.1) is 0 Å². The first-order valence-corrected chi connectivity index (χ1v) is 19.6. The second-order valence-electron chi connectivity index (χ2n) is 10.0. The van der Waals surface area contributed by atoms with E-state index < -0.39 is 72.7 Å². The van der Waals surface area contributed by atoms with E-state index in [0.29, 0.717) is 19.3 Å². The minimum atomic E-state index is -4.40. The smallest absolute Gasteiger partial charge is 0.303 e. The summed E-state index contributed by atoms with van der Waals surface area (Å²) in [5, 5.41) is 11.5. The Morgan fingerprint density at radius 3 is 1.41 bits per heavy atom. The van der Waals surface area contributed by atoms with Gasteiger partial charge in [0.25, 0.3) is 36.3 Å². The van der Waals surface area contributed by atoms with Crippen LogP contribution in [0.3, 0.4) is 0 Å². The first kappa shape index (κ1) is 43.4. The molecule has 0 saturated carbocycles. The number of benzene rings is 1. The molecule has 0 aliphatic heterocycles. The van der Waals surface area contributed by atoms with Crippen LogP contribution in [0.4, 0.5) is 0 Å². The Labute approximate surface area is 285 Å². The van der Waals surface area contributed by atoms with Gasteiger partial charge in [-0.05, 0) is 32.1 Å². The zero-order valence-corrected chi connectivity index (χ0v) is 28.9. The summed E-state index contributed by atoms with van der Waals surface area (Å²) in [6.45, 7) is -1.56. The first-order valence-electron chi connectivity index (χ1n) is 14.8. The first-order chi connectivity index (χ1) is 22.9. The van der Waals surface area contributed by atoms with Crippen molar-refractivity contribution in [1.82, 2.24) is 5.32 Å². The highest BCUT2D eigenvalue weighted by Crippen LogP contribution is 2.44.